The van der Waals surface area contributed by atoms with Gasteiger partial charge in [0.05, 0.1) is 13.7 Å². The zero-order chi connectivity index (χ0) is 18.3. The van der Waals surface area contributed by atoms with Crippen molar-refractivity contribution in [3.63, 3.8) is 0 Å². The molecule has 0 aliphatic carbocycles. The first-order chi connectivity index (χ1) is 11.9. The minimum atomic E-state index is -4.20. The van der Waals surface area contributed by atoms with Crippen molar-refractivity contribution in [3.8, 4) is 5.75 Å². The minimum absolute atomic E-state index is 0.233. The average Bonchev–Trinajstić information content (AvgIpc) is 2.79. The highest BCUT2D eigenvalue weighted by atomic mass is 19.4. The van der Waals surface area contributed by atoms with Crippen LogP contribution in [0.3, 0.4) is 0 Å². The molecule has 1 heterocycles. The van der Waals surface area contributed by atoms with Gasteiger partial charge in [0.1, 0.15) is 5.75 Å². The number of urea groups is 1. The van der Waals surface area contributed by atoms with Crippen LogP contribution in [0.2, 0.25) is 0 Å². The maximum atomic E-state index is 12.5. The first-order valence-corrected chi connectivity index (χ1v) is 8.33. The van der Waals surface area contributed by atoms with Crippen LogP contribution in [0.5, 0.6) is 5.75 Å². The quantitative estimate of drug-likeness (QED) is 0.879. The monoisotopic (exact) mass is 359 g/mol. The molecule has 25 heavy (non-hydrogen) atoms. The molecule has 1 aromatic rings. The summed E-state index contributed by atoms with van der Waals surface area (Å²) in [4.78, 5) is 15.2. The standard InChI is InChI=1S/C17H24F3N3O2/c1-25-15-6-3-2-5-14(15)7-8-21-16(24)23-10-4-9-22(11-12-23)13-17(18,19)20/h2-3,5-6H,4,7-13H2,1H3,(H,21,24). The fraction of sp³-hybridized carbons (Fsp3) is 0.588. The number of carbonyl (C=O) groups excluding carboxylic acids is 1. The summed E-state index contributed by atoms with van der Waals surface area (Å²) in [6.07, 6.45) is -3.04. The van der Waals surface area contributed by atoms with Crippen LogP contribution >= 0.6 is 0 Å². The third-order valence-electron chi connectivity index (χ3n) is 4.14. The fourth-order valence-corrected chi connectivity index (χ4v) is 2.91. The third kappa shape index (κ3) is 6.45. The normalized spacial score (nSPS) is 16.4. The van der Waals surface area contributed by atoms with Gasteiger partial charge in [-0.1, -0.05) is 18.2 Å². The third-order valence-corrected chi connectivity index (χ3v) is 4.14. The van der Waals surface area contributed by atoms with Crippen molar-refractivity contribution in [3.05, 3.63) is 29.8 Å². The Balaban J connectivity index is 1.77. The summed E-state index contributed by atoms with van der Waals surface area (Å²) in [6.45, 7) is 0.883. The van der Waals surface area contributed by atoms with Gasteiger partial charge in [-0.15, -0.1) is 0 Å². The number of para-hydroxylation sites is 1. The predicted molar refractivity (Wildman–Crippen MR) is 88.8 cm³/mol. The smallest absolute Gasteiger partial charge is 0.401 e. The van der Waals surface area contributed by atoms with Crippen LogP contribution in [0.4, 0.5) is 18.0 Å². The number of nitrogens with zero attached hydrogens (tertiary/aromatic N) is 2. The lowest BCUT2D eigenvalue weighted by Gasteiger charge is -2.23. The summed E-state index contributed by atoms with van der Waals surface area (Å²) < 4.78 is 42.7. The molecule has 0 bridgehead atoms. The number of rotatable bonds is 5. The van der Waals surface area contributed by atoms with Crippen LogP contribution in [-0.2, 0) is 6.42 Å². The van der Waals surface area contributed by atoms with Crippen molar-refractivity contribution < 1.29 is 22.7 Å². The number of ether oxygens (including phenoxy) is 1. The van der Waals surface area contributed by atoms with Crippen molar-refractivity contribution in [1.29, 1.82) is 0 Å². The van der Waals surface area contributed by atoms with E-state index >= 15 is 0 Å². The number of methoxy groups -OCH3 is 1. The molecule has 5 nitrogen and oxygen atoms in total. The summed E-state index contributed by atoms with van der Waals surface area (Å²) in [5.41, 5.74) is 0.998. The van der Waals surface area contributed by atoms with E-state index in [0.29, 0.717) is 39.0 Å². The van der Waals surface area contributed by atoms with E-state index in [-0.39, 0.29) is 12.6 Å². The highest BCUT2D eigenvalue weighted by molar-refractivity contribution is 5.74. The molecule has 0 radical (unpaired) electrons. The Morgan fingerprint density at radius 2 is 1.96 bits per heavy atom. The first kappa shape index (κ1) is 19.4. The second-order valence-corrected chi connectivity index (χ2v) is 6.03. The van der Waals surface area contributed by atoms with Crippen molar-refractivity contribution in [2.75, 3.05) is 46.4 Å². The van der Waals surface area contributed by atoms with E-state index in [4.69, 9.17) is 4.74 Å². The van der Waals surface area contributed by atoms with Crippen LogP contribution in [0, 0.1) is 0 Å². The summed E-state index contributed by atoms with van der Waals surface area (Å²) in [6, 6.07) is 7.35. The molecule has 0 atom stereocenters. The molecule has 0 saturated carbocycles. The van der Waals surface area contributed by atoms with E-state index in [9.17, 15) is 18.0 Å². The maximum absolute atomic E-state index is 12.5. The number of hydrogen-bond acceptors (Lipinski definition) is 3. The highest BCUT2D eigenvalue weighted by Crippen LogP contribution is 2.18. The molecule has 1 aromatic carbocycles. The number of amides is 2. The Hall–Kier alpha value is -1.96. The van der Waals surface area contributed by atoms with Crippen molar-refractivity contribution >= 4 is 6.03 Å². The Labute approximate surface area is 145 Å². The molecular formula is C17H24F3N3O2. The van der Waals surface area contributed by atoms with Gasteiger partial charge in [-0.25, -0.2) is 4.79 Å². The number of nitrogens with one attached hydrogen (secondary N) is 1. The molecule has 140 valence electrons. The van der Waals surface area contributed by atoms with Crippen LogP contribution in [-0.4, -0.2) is 68.4 Å². The molecule has 0 unspecified atom stereocenters. The van der Waals surface area contributed by atoms with E-state index < -0.39 is 12.7 Å². The van der Waals surface area contributed by atoms with Gasteiger partial charge in [0.15, 0.2) is 0 Å². The van der Waals surface area contributed by atoms with Gasteiger partial charge >= 0.3 is 12.2 Å². The predicted octanol–water partition coefficient (Wildman–Crippen LogP) is 2.52. The average molecular weight is 359 g/mol. The van der Waals surface area contributed by atoms with E-state index in [1.54, 1.807) is 12.0 Å². The van der Waals surface area contributed by atoms with E-state index in [2.05, 4.69) is 5.32 Å². The van der Waals surface area contributed by atoms with Crippen molar-refractivity contribution in [1.82, 2.24) is 15.1 Å². The van der Waals surface area contributed by atoms with Crippen LogP contribution < -0.4 is 10.1 Å². The lowest BCUT2D eigenvalue weighted by molar-refractivity contribution is -0.145. The van der Waals surface area contributed by atoms with Crippen LogP contribution in [0.1, 0.15) is 12.0 Å². The second-order valence-electron chi connectivity index (χ2n) is 6.03. The Bertz CT molecular complexity index is 566. The van der Waals surface area contributed by atoms with Crippen molar-refractivity contribution in [2.24, 2.45) is 0 Å². The van der Waals surface area contributed by atoms with Gasteiger partial charge in [0, 0.05) is 32.7 Å². The van der Waals surface area contributed by atoms with Crippen LogP contribution in [0.15, 0.2) is 24.3 Å². The molecule has 0 spiro atoms. The highest BCUT2D eigenvalue weighted by Gasteiger charge is 2.31. The van der Waals surface area contributed by atoms with Crippen LogP contribution in [0.25, 0.3) is 0 Å². The molecular weight excluding hydrogens is 335 g/mol. The summed E-state index contributed by atoms with van der Waals surface area (Å²) in [7, 11) is 1.60. The Kier molecular flexibility index (Phi) is 6.92. The summed E-state index contributed by atoms with van der Waals surface area (Å²) in [5, 5.41) is 2.83. The van der Waals surface area contributed by atoms with Gasteiger partial charge in [-0.3, -0.25) is 4.90 Å². The molecule has 1 fully saturated rings. The fourth-order valence-electron chi connectivity index (χ4n) is 2.91. The summed E-state index contributed by atoms with van der Waals surface area (Å²) in [5.74, 6) is 0.773. The SMILES string of the molecule is COc1ccccc1CCNC(=O)N1CCCN(CC(F)(F)F)CC1. The molecule has 2 rings (SSSR count). The number of carbonyl (C=O) groups is 1. The number of alkyl halides is 3. The van der Waals surface area contributed by atoms with E-state index in [0.717, 1.165) is 11.3 Å². The largest absolute Gasteiger partial charge is 0.496 e. The van der Waals surface area contributed by atoms with Crippen molar-refractivity contribution in [2.45, 2.75) is 19.0 Å². The molecule has 1 aliphatic rings. The van der Waals surface area contributed by atoms with Gasteiger partial charge in [0.25, 0.3) is 0 Å². The van der Waals surface area contributed by atoms with E-state index in [1.165, 1.54) is 4.90 Å². The number of benzene rings is 1. The number of hydrogen-bond donors (Lipinski definition) is 1. The lowest BCUT2D eigenvalue weighted by Crippen LogP contribution is -2.43. The van der Waals surface area contributed by atoms with Gasteiger partial charge in [0.2, 0.25) is 0 Å². The molecule has 1 saturated heterocycles. The van der Waals surface area contributed by atoms with E-state index in [1.807, 2.05) is 24.3 Å². The number of halogens is 3. The summed E-state index contributed by atoms with van der Waals surface area (Å²) >= 11 is 0. The Morgan fingerprint density at radius 1 is 1.20 bits per heavy atom. The molecule has 0 aromatic heterocycles. The molecule has 1 aliphatic heterocycles. The van der Waals surface area contributed by atoms with Gasteiger partial charge in [-0.2, -0.15) is 13.2 Å². The van der Waals surface area contributed by atoms with Gasteiger partial charge < -0.3 is 15.0 Å². The lowest BCUT2D eigenvalue weighted by atomic mass is 10.1. The topological polar surface area (TPSA) is 44.8 Å². The first-order valence-electron chi connectivity index (χ1n) is 8.33. The maximum Gasteiger partial charge on any atom is 0.401 e. The zero-order valence-electron chi connectivity index (χ0n) is 14.3. The molecule has 8 heteroatoms. The zero-order valence-corrected chi connectivity index (χ0v) is 14.3. The Morgan fingerprint density at radius 3 is 2.68 bits per heavy atom. The van der Waals surface area contributed by atoms with Gasteiger partial charge in [-0.05, 0) is 24.5 Å². The minimum Gasteiger partial charge on any atom is -0.496 e. The molecule has 2 amide bonds. The molecule has 1 N–H and O–H groups in total. The second kappa shape index (κ2) is 8.94.